The van der Waals surface area contributed by atoms with Gasteiger partial charge in [-0.2, -0.15) is 0 Å². The highest BCUT2D eigenvalue weighted by Crippen LogP contribution is 2.33. The average molecular weight is 268 g/mol. The maximum Gasteiger partial charge on any atom is 0.508 e. The van der Waals surface area contributed by atoms with Crippen molar-refractivity contribution in [2.75, 3.05) is 6.61 Å². The lowest BCUT2D eigenvalue weighted by Gasteiger charge is -2.32. The van der Waals surface area contributed by atoms with E-state index in [4.69, 9.17) is 9.47 Å². The van der Waals surface area contributed by atoms with Gasteiger partial charge in [0.25, 0.3) is 0 Å². The number of ether oxygens (including phenoxy) is 2. The molecule has 3 heteroatoms. The van der Waals surface area contributed by atoms with E-state index in [1.54, 1.807) is 0 Å². The summed E-state index contributed by atoms with van der Waals surface area (Å²) in [5.74, 6) is 0.417. The van der Waals surface area contributed by atoms with Gasteiger partial charge in [0.2, 0.25) is 0 Å². The minimum absolute atomic E-state index is 0.0940. The number of carbonyl (C=O) groups is 1. The van der Waals surface area contributed by atoms with Gasteiger partial charge in [0.05, 0.1) is 0 Å². The number of carbonyl (C=O) groups excluding carboxylic acids is 1. The fraction of sp³-hybridized carbons (Fsp3) is 0.938. The fourth-order valence-electron chi connectivity index (χ4n) is 3.37. The van der Waals surface area contributed by atoms with Crippen LogP contribution in [0.25, 0.3) is 0 Å². The molecule has 0 radical (unpaired) electrons. The lowest BCUT2D eigenvalue weighted by molar-refractivity contribution is -0.0656. The minimum Gasteiger partial charge on any atom is -0.434 e. The molecule has 3 nitrogen and oxygen atoms in total. The molecule has 2 aliphatic rings. The Kier molecular flexibility index (Phi) is 5.12. The van der Waals surface area contributed by atoms with Crippen LogP contribution in [0.2, 0.25) is 0 Å². The molecule has 2 fully saturated rings. The third kappa shape index (κ3) is 4.70. The molecule has 0 bridgehead atoms. The van der Waals surface area contributed by atoms with Crippen molar-refractivity contribution in [3.8, 4) is 0 Å². The van der Waals surface area contributed by atoms with E-state index < -0.39 is 6.16 Å². The van der Waals surface area contributed by atoms with Crippen LogP contribution in [0.1, 0.15) is 71.6 Å². The summed E-state index contributed by atoms with van der Waals surface area (Å²) in [6.45, 7) is 5.30. The molecule has 110 valence electrons. The van der Waals surface area contributed by atoms with E-state index in [-0.39, 0.29) is 6.10 Å². The summed E-state index contributed by atoms with van der Waals surface area (Å²) in [6, 6.07) is 0. The quantitative estimate of drug-likeness (QED) is 0.598. The van der Waals surface area contributed by atoms with E-state index in [1.807, 2.05) is 0 Å². The first-order chi connectivity index (χ1) is 9.07. The smallest absolute Gasteiger partial charge is 0.434 e. The molecular formula is C16H28O3. The van der Waals surface area contributed by atoms with Gasteiger partial charge in [-0.15, -0.1) is 0 Å². The van der Waals surface area contributed by atoms with Crippen LogP contribution in [0.5, 0.6) is 0 Å². The van der Waals surface area contributed by atoms with Crippen LogP contribution in [-0.4, -0.2) is 18.9 Å². The first-order valence-electron chi connectivity index (χ1n) is 7.90. The first-order valence-corrected chi connectivity index (χ1v) is 7.90. The SMILES string of the molecule is CC1(C)CCCCCC[C@@H]2COC(=O)O[C@H]2CCC1. The minimum atomic E-state index is -0.465. The van der Waals surface area contributed by atoms with Gasteiger partial charge in [-0.1, -0.05) is 39.5 Å². The molecule has 0 spiro atoms. The monoisotopic (exact) mass is 268 g/mol. The van der Waals surface area contributed by atoms with Crippen molar-refractivity contribution in [2.45, 2.75) is 77.7 Å². The topological polar surface area (TPSA) is 35.5 Å². The Morgan fingerprint density at radius 3 is 2.58 bits per heavy atom. The maximum absolute atomic E-state index is 11.3. The second-order valence-corrected chi connectivity index (χ2v) is 6.99. The Balaban J connectivity index is 1.93. The molecule has 1 saturated heterocycles. The highest BCUT2D eigenvalue weighted by Gasteiger charge is 2.32. The first kappa shape index (κ1) is 14.7. The highest BCUT2D eigenvalue weighted by molar-refractivity contribution is 5.60. The number of hydrogen-bond donors (Lipinski definition) is 0. The third-order valence-corrected chi connectivity index (χ3v) is 4.71. The summed E-state index contributed by atoms with van der Waals surface area (Å²) < 4.78 is 10.5. The van der Waals surface area contributed by atoms with E-state index in [1.165, 1.54) is 38.5 Å². The molecule has 0 aromatic heterocycles. The van der Waals surface area contributed by atoms with Gasteiger partial charge >= 0.3 is 6.16 Å². The molecule has 0 aromatic rings. The van der Waals surface area contributed by atoms with Gasteiger partial charge in [-0.3, -0.25) is 0 Å². The van der Waals surface area contributed by atoms with Crippen LogP contribution in [-0.2, 0) is 9.47 Å². The summed E-state index contributed by atoms with van der Waals surface area (Å²) in [6.07, 6.45) is 10.7. The van der Waals surface area contributed by atoms with Gasteiger partial charge in [-0.25, -0.2) is 4.79 Å². The fourth-order valence-corrected chi connectivity index (χ4v) is 3.37. The number of cyclic esters (lactones) is 1. The Hall–Kier alpha value is -0.730. The average Bonchev–Trinajstić information content (AvgIpc) is 2.34. The Labute approximate surface area is 117 Å². The summed E-state index contributed by atoms with van der Waals surface area (Å²) in [5, 5.41) is 0. The van der Waals surface area contributed by atoms with E-state index in [0.717, 1.165) is 19.3 Å². The van der Waals surface area contributed by atoms with Crippen molar-refractivity contribution < 1.29 is 14.3 Å². The zero-order chi connectivity index (χ0) is 13.7. The number of rotatable bonds is 0. The lowest BCUT2D eigenvalue weighted by atomic mass is 9.80. The van der Waals surface area contributed by atoms with Crippen molar-refractivity contribution >= 4 is 6.16 Å². The Morgan fingerprint density at radius 1 is 1.00 bits per heavy atom. The summed E-state index contributed by atoms with van der Waals surface area (Å²) >= 11 is 0. The Morgan fingerprint density at radius 2 is 1.74 bits per heavy atom. The van der Waals surface area contributed by atoms with Crippen molar-refractivity contribution in [1.29, 1.82) is 0 Å². The van der Waals surface area contributed by atoms with Crippen LogP contribution in [0, 0.1) is 11.3 Å². The Bertz CT molecular complexity index is 298. The zero-order valence-electron chi connectivity index (χ0n) is 12.5. The van der Waals surface area contributed by atoms with Crippen LogP contribution >= 0.6 is 0 Å². The van der Waals surface area contributed by atoms with Gasteiger partial charge in [0.1, 0.15) is 12.7 Å². The molecule has 1 saturated carbocycles. The second-order valence-electron chi connectivity index (χ2n) is 6.99. The van der Waals surface area contributed by atoms with Crippen molar-refractivity contribution in [3.63, 3.8) is 0 Å². The molecule has 1 aliphatic heterocycles. The van der Waals surface area contributed by atoms with Gasteiger partial charge in [0, 0.05) is 5.92 Å². The lowest BCUT2D eigenvalue weighted by Crippen LogP contribution is -2.37. The maximum atomic E-state index is 11.3. The van der Waals surface area contributed by atoms with Crippen LogP contribution in [0.15, 0.2) is 0 Å². The highest BCUT2D eigenvalue weighted by atomic mass is 16.7. The molecule has 0 amide bonds. The van der Waals surface area contributed by atoms with Gasteiger partial charge < -0.3 is 9.47 Å². The largest absolute Gasteiger partial charge is 0.508 e. The number of hydrogen-bond acceptors (Lipinski definition) is 3. The summed E-state index contributed by atoms with van der Waals surface area (Å²) in [7, 11) is 0. The predicted molar refractivity (Wildman–Crippen MR) is 75.0 cm³/mol. The zero-order valence-corrected chi connectivity index (χ0v) is 12.5. The van der Waals surface area contributed by atoms with E-state index in [0.29, 0.717) is 17.9 Å². The van der Waals surface area contributed by atoms with E-state index in [9.17, 15) is 4.79 Å². The van der Waals surface area contributed by atoms with Crippen LogP contribution < -0.4 is 0 Å². The molecule has 1 heterocycles. The van der Waals surface area contributed by atoms with E-state index in [2.05, 4.69) is 13.8 Å². The molecular weight excluding hydrogens is 240 g/mol. The molecule has 2 atom stereocenters. The summed E-state index contributed by atoms with van der Waals surface area (Å²) in [5.41, 5.74) is 0.434. The molecule has 2 rings (SSSR count). The molecule has 0 aromatic carbocycles. The summed E-state index contributed by atoms with van der Waals surface area (Å²) in [4.78, 5) is 11.3. The molecule has 19 heavy (non-hydrogen) atoms. The predicted octanol–water partition coefficient (Wildman–Crippen LogP) is 4.69. The van der Waals surface area contributed by atoms with Crippen molar-refractivity contribution in [1.82, 2.24) is 0 Å². The molecule has 0 unspecified atom stereocenters. The molecule has 1 aliphatic carbocycles. The standard InChI is InChI=1S/C16H28O3/c1-16(2)10-6-4-3-5-8-13-12-18-15(17)19-14(13)9-7-11-16/h13-14H,3-12H2,1-2H3/t13-,14+/m1/s1. The molecule has 0 N–H and O–H groups in total. The van der Waals surface area contributed by atoms with Crippen molar-refractivity contribution in [2.24, 2.45) is 11.3 Å². The van der Waals surface area contributed by atoms with Crippen LogP contribution in [0.4, 0.5) is 4.79 Å². The van der Waals surface area contributed by atoms with Crippen LogP contribution in [0.3, 0.4) is 0 Å². The number of fused-ring (bicyclic) bond motifs is 1. The van der Waals surface area contributed by atoms with Gasteiger partial charge in [-0.05, 0) is 37.5 Å². The van der Waals surface area contributed by atoms with Crippen molar-refractivity contribution in [3.05, 3.63) is 0 Å². The third-order valence-electron chi connectivity index (χ3n) is 4.71. The van der Waals surface area contributed by atoms with E-state index >= 15 is 0 Å². The second kappa shape index (κ2) is 6.62. The normalized spacial score (nSPS) is 33.1. The van der Waals surface area contributed by atoms with Gasteiger partial charge in [0.15, 0.2) is 0 Å².